The molecule has 0 spiro atoms. The highest BCUT2D eigenvalue weighted by molar-refractivity contribution is 5.61. The average molecular weight is 339 g/mol. The normalized spacial score (nSPS) is 14.9. The van der Waals surface area contributed by atoms with Crippen LogP contribution in [-0.4, -0.2) is 36.1 Å². The molecule has 3 rings (SSSR count). The molecule has 5 nitrogen and oxygen atoms in total. The van der Waals surface area contributed by atoms with E-state index in [1.54, 1.807) is 0 Å². The Bertz CT molecular complexity index is 643. The summed E-state index contributed by atoms with van der Waals surface area (Å²) in [7, 11) is 0. The van der Waals surface area contributed by atoms with Gasteiger partial charge in [0.25, 0.3) is 0 Å². The summed E-state index contributed by atoms with van der Waals surface area (Å²) in [6, 6.07) is 10.5. The molecule has 1 aromatic heterocycles. The number of aromatic nitrogens is 2. The van der Waals surface area contributed by atoms with E-state index >= 15 is 0 Å². The van der Waals surface area contributed by atoms with Crippen molar-refractivity contribution in [1.29, 1.82) is 0 Å². The summed E-state index contributed by atoms with van der Waals surface area (Å²) in [6.45, 7) is 8.52. The van der Waals surface area contributed by atoms with Crippen molar-refractivity contribution < 1.29 is 0 Å². The van der Waals surface area contributed by atoms with Gasteiger partial charge in [0.15, 0.2) is 0 Å². The van der Waals surface area contributed by atoms with Crippen LogP contribution in [-0.2, 0) is 0 Å². The average Bonchev–Trinajstić information content (AvgIpc) is 2.94. The maximum absolute atomic E-state index is 4.72. The molecule has 0 bridgehead atoms. The van der Waals surface area contributed by atoms with E-state index in [2.05, 4.69) is 58.2 Å². The molecule has 25 heavy (non-hydrogen) atoms. The highest BCUT2D eigenvalue weighted by atomic mass is 15.3. The molecule has 1 aromatic carbocycles. The minimum Gasteiger partial charge on any atom is -0.372 e. The maximum atomic E-state index is 4.72. The van der Waals surface area contributed by atoms with Gasteiger partial charge in [0.05, 0.1) is 0 Å². The van der Waals surface area contributed by atoms with E-state index in [9.17, 15) is 0 Å². The lowest BCUT2D eigenvalue weighted by Gasteiger charge is -2.21. The SMILES string of the molecule is CCN(CC)c1ccc(Nc2ccnc(N3CCCCCC3)n2)cc1. The highest BCUT2D eigenvalue weighted by Crippen LogP contribution is 2.22. The molecular formula is C20H29N5. The molecule has 5 heteroatoms. The Kier molecular flexibility index (Phi) is 6.09. The van der Waals surface area contributed by atoms with Crippen molar-refractivity contribution in [2.45, 2.75) is 39.5 Å². The third-order valence-electron chi connectivity index (χ3n) is 4.80. The Morgan fingerprint density at radius 2 is 1.64 bits per heavy atom. The van der Waals surface area contributed by atoms with Crippen molar-refractivity contribution in [3.05, 3.63) is 36.5 Å². The summed E-state index contributed by atoms with van der Waals surface area (Å²) in [6.07, 6.45) is 6.93. The molecule has 0 atom stereocenters. The maximum Gasteiger partial charge on any atom is 0.227 e. The summed E-state index contributed by atoms with van der Waals surface area (Å²) in [5, 5.41) is 3.40. The summed E-state index contributed by atoms with van der Waals surface area (Å²) in [4.78, 5) is 13.8. The van der Waals surface area contributed by atoms with E-state index in [0.717, 1.165) is 43.6 Å². The van der Waals surface area contributed by atoms with Gasteiger partial charge in [0.2, 0.25) is 5.95 Å². The summed E-state index contributed by atoms with van der Waals surface area (Å²) in [5.74, 6) is 1.69. The lowest BCUT2D eigenvalue weighted by Crippen LogP contribution is -2.26. The summed E-state index contributed by atoms with van der Waals surface area (Å²) >= 11 is 0. The van der Waals surface area contributed by atoms with E-state index in [-0.39, 0.29) is 0 Å². The third kappa shape index (κ3) is 4.62. The molecular weight excluding hydrogens is 310 g/mol. The van der Waals surface area contributed by atoms with Crippen LogP contribution in [0.3, 0.4) is 0 Å². The zero-order valence-electron chi connectivity index (χ0n) is 15.4. The predicted molar refractivity (Wildman–Crippen MR) is 106 cm³/mol. The van der Waals surface area contributed by atoms with Crippen molar-refractivity contribution >= 4 is 23.1 Å². The van der Waals surface area contributed by atoms with Gasteiger partial charge in [0.1, 0.15) is 5.82 Å². The number of benzene rings is 1. The Labute approximate surface area is 151 Å². The number of hydrogen-bond acceptors (Lipinski definition) is 5. The zero-order chi connectivity index (χ0) is 17.5. The fourth-order valence-electron chi connectivity index (χ4n) is 3.33. The van der Waals surface area contributed by atoms with Crippen LogP contribution in [0, 0.1) is 0 Å². The molecule has 134 valence electrons. The fraction of sp³-hybridized carbons (Fsp3) is 0.500. The molecule has 1 aliphatic rings. The monoisotopic (exact) mass is 339 g/mol. The fourth-order valence-corrected chi connectivity index (χ4v) is 3.33. The van der Waals surface area contributed by atoms with Gasteiger partial charge in [-0.25, -0.2) is 4.98 Å². The molecule has 2 heterocycles. The molecule has 2 aromatic rings. The molecule has 1 aliphatic heterocycles. The Morgan fingerprint density at radius 1 is 0.960 bits per heavy atom. The standard InChI is InChI=1S/C20H29N5/c1-3-24(4-2)18-11-9-17(10-12-18)22-19-13-14-21-20(23-19)25-15-7-5-6-8-16-25/h9-14H,3-8,15-16H2,1-2H3,(H,21,22,23). The molecule has 1 N–H and O–H groups in total. The number of nitrogens with zero attached hydrogens (tertiary/aromatic N) is 4. The van der Waals surface area contributed by atoms with Gasteiger partial charge in [-0.2, -0.15) is 4.98 Å². The van der Waals surface area contributed by atoms with Crippen molar-refractivity contribution in [2.75, 3.05) is 41.3 Å². The van der Waals surface area contributed by atoms with Crippen LogP contribution in [0.5, 0.6) is 0 Å². The van der Waals surface area contributed by atoms with Crippen molar-refractivity contribution in [2.24, 2.45) is 0 Å². The van der Waals surface area contributed by atoms with Gasteiger partial charge in [-0.1, -0.05) is 12.8 Å². The minimum atomic E-state index is 0.840. The number of hydrogen-bond donors (Lipinski definition) is 1. The van der Waals surface area contributed by atoms with Gasteiger partial charge < -0.3 is 15.1 Å². The summed E-state index contributed by atoms with van der Waals surface area (Å²) < 4.78 is 0. The first-order chi connectivity index (χ1) is 12.3. The Hall–Kier alpha value is -2.30. The molecule has 0 saturated carbocycles. The van der Waals surface area contributed by atoms with Crippen LogP contribution in [0.2, 0.25) is 0 Å². The molecule has 0 radical (unpaired) electrons. The van der Waals surface area contributed by atoms with E-state index in [1.807, 2.05) is 12.3 Å². The van der Waals surface area contributed by atoms with Crippen molar-refractivity contribution in [3.63, 3.8) is 0 Å². The first-order valence-corrected chi connectivity index (χ1v) is 9.50. The quantitative estimate of drug-likeness (QED) is 0.842. The lowest BCUT2D eigenvalue weighted by atomic mass is 10.2. The predicted octanol–water partition coefficient (Wildman–Crippen LogP) is 4.45. The lowest BCUT2D eigenvalue weighted by molar-refractivity contribution is 0.726. The minimum absolute atomic E-state index is 0.840. The number of rotatable bonds is 6. The van der Waals surface area contributed by atoms with Crippen LogP contribution in [0.25, 0.3) is 0 Å². The highest BCUT2D eigenvalue weighted by Gasteiger charge is 2.12. The molecule has 1 fully saturated rings. The van der Waals surface area contributed by atoms with E-state index in [4.69, 9.17) is 4.98 Å². The molecule has 0 amide bonds. The van der Waals surface area contributed by atoms with Gasteiger partial charge in [-0.05, 0) is 57.0 Å². The second kappa shape index (κ2) is 8.70. The van der Waals surface area contributed by atoms with Crippen LogP contribution in [0.1, 0.15) is 39.5 Å². The van der Waals surface area contributed by atoms with Gasteiger partial charge in [0, 0.05) is 43.8 Å². The van der Waals surface area contributed by atoms with Gasteiger partial charge in [-0.15, -0.1) is 0 Å². The van der Waals surface area contributed by atoms with Gasteiger partial charge >= 0.3 is 0 Å². The molecule has 0 unspecified atom stereocenters. The van der Waals surface area contributed by atoms with Gasteiger partial charge in [-0.3, -0.25) is 0 Å². The first-order valence-electron chi connectivity index (χ1n) is 9.50. The zero-order valence-corrected chi connectivity index (χ0v) is 15.4. The molecule has 1 saturated heterocycles. The second-order valence-corrected chi connectivity index (χ2v) is 6.49. The second-order valence-electron chi connectivity index (χ2n) is 6.49. The Balaban J connectivity index is 1.69. The van der Waals surface area contributed by atoms with Crippen LogP contribution in [0.15, 0.2) is 36.5 Å². The summed E-state index contributed by atoms with van der Waals surface area (Å²) in [5.41, 5.74) is 2.31. The number of nitrogens with one attached hydrogen (secondary N) is 1. The molecule has 0 aliphatic carbocycles. The third-order valence-corrected chi connectivity index (χ3v) is 4.80. The van der Waals surface area contributed by atoms with Crippen molar-refractivity contribution in [1.82, 2.24) is 9.97 Å². The van der Waals surface area contributed by atoms with E-state index < -0.39 is 0 Å². The van der Waals surface area contributed by atoms with Crippen LogP contribution >= 0.6 is 0 Å². The largest absolute Gasteiger partial charge is 0.372 e. The Morgan fingerprint density at radius 3 is 2.28 bits per heavy atom. The van der Waals surface area contributed by atoms with Crippen LogP contribution < -0.4 is 15.1 Å². The van der Waals surface area contributed by atoms with Crippen LogP contribution in [0.4, 0.5) is 23.1 Å². The smallest absolute Gasteiger partial charge is 0.227 e. The first kappa shape index (κ1) is 17.5. The van der Waals surface area contributed by atoms with E-state index in [0.29, 0.717) is 0 Å². The number of anilines is 4. The topological polar surface area (TPSA) is 44.3 Å². The van der Waals surface area contributed by atoms with E-state index in [1.165, 1.54) is 31.4 Å². The van der Waals surface area contributed by atoms with Crippen molar-refractivity contribution in [3.8, 4) is 0 Å².